The second kappa shape index (κ2) is 14.7. The summed E-state index contributed by atoms with van der Waals surface area (Å²) in [6, 6.07) is 14.0. The molecule has 0 bridgehead atoms. The predicted octanol–water partition coefficient (Wildman–Crippen LogP) is 9.01. The summed E-state index contributed by atoms with van der Waals surface area (Å²) in [6.07, 6.45) is 5.63. The minimum atomic E-state index is -1.09. The standard InChI is InChI=1S/C35H54N2O4/c1-11-13-14-15-16-23-37(25-26-17-20-28(21-18-26)41-35(9,10)31(38)40-12-2)32(39)36-30-24-27(33(3,4)5)19-22-29(30)34(6,7)8/h17-22,24H,11-16,23,25H2,1-10H3,(H,36,39). The van der Waals surface area contributed by atoms with Gasteiger partial charge in [-0.25, -0.2) is 9.59 Å². The lowest BCUT2D eigenvalue weighted by atomic mass is 9.81. The van der Waals surface area contributed by atoms with E-state index < -0.39 is 11.6 Å². The van der Waals surface area contributed by atoms with Crippen LogP contribution in [0.25, 0.3) is 0 Å². The van der Waals surface area contributed by atoms with Crippen LogP contribution >= 0.6 is 0 Å². The average molecular weight is 567 g/mol. The third kappa shape index (κ3) is 10.7. The van der Waals surface area contributed by atoms with Crippen molar-refractivity contribution in [1.29, 1.82) is 0 Å². The molecule has 0 aromatic heterocycles. The van der Waals surface area contributed by atoms with E-state index in [1.807, 2.05) is 29.2 Å². The number of nitrogens with zero attached hydrogens (tertiary/aromatic N) is 1. The van der Waals surface area contributed by atoms with Crippen molar-refractivity contribution in [2.24, 2.45) is 0 Å². The minimum absolute atomic E-state index is 0.0273. The molecule has 0 fully saturated rings. The lowest BCUT2D eigenvalue weighted by Crippen LogP contribution is -2.39. The highest BCUT2D eigenvalue weighted by Gasteiger charge is 2.31. The number of urea groups is 1. The van der Waals surface area contributed by atoms with Gasteiger partial charge >= 0.3 is 12.0 Å². The van der Waals surface area contributed by atoms with E-state index in [-0.39, 0.29) is 16.9 Å². The summed E-state index contributed by atoms with van der Waals surface area (Å²) in [5.74, 6) is 0.177. The Morgan fingerprint density at radius 3 is 2.00 bits per heavy atom. The topological polar surface area (TPSA) is 67.9 Å². The first-order chi connectivity index (χ1) is 19.1. The van der Waals surface area contributed by atoms with Crippen LogP contribution in [-0.4, -0.2) is 35.7 Å². The van der Waals surface area contributed by atoms with Gasteiger partial charge in [0.25, 0.3) is 0 Å². The van der Waals surface area contributed by atoms with Gasteiger partial charge in [0.2, 0.25) is 0 Å². The SMILES string of the molecule is CCCCCCCN(Cc1ccc(OC(C)(C)C(=O)OCC)cc1)C(=O)Nc1cc(C(C)(C)C)ccc1C(C)(C)C. The first-order valence-corrected chi connectivity index (χ1v) is 15.2. The van der Waals surface area contributed by atoms with Crippen molar-refractivity contribution < 1.29 is 19.1 Å². The lowest BCUT2D eigenvalue weighted by Gasteiger charge is -2.29. The number of ether oxygens (including phenoxy) is 2. The van der Waals surface area contributed by atoms with E-state index in [4.69, 9.17) is 9.47 Å². The maximum Gasteiger partial charge on any atom is 0.349 e. The number of esters is 1. The molecule has 2 aromatic rings. The van der Waals surface area contributed by atoms with Crippen LogP contribution in [0.1, 0.15) is 118 Å². The van der Waals surface area contributed by atoms with Gasteiger partial charge in [0, 0.05) is 18.8 Å². The van der Waals surface area contributed by atoms with Crippen LogP contribution < -0.4 is 10.1 Å². The Morgan fingerprint density at radius 1 is 0.805 bits per heavy atom. The Morgan fingerprint density at radius 2 is 1.44 bits per heavy atom. The van der Waals surface area contributed by atoms with Gasteiger partial charge in [-0.05, 0) is 72.9 Å². The second-order valence-electron chi connectivity index (χ2n) is 13.5. The molecule has 2 amide bonds. The number of hydrogen-bond donors (Lipinski definition) is 1. The van der Waals surface area contributed by atoms with Crippen LogP contribution in [-0.2, 0) is 26.9 Å². The first kappa shape index (κ1) is 34.2. The van der Waals surface area contributed by atoms with Crippen LogP contribution in [0.2, 0.25) is 0 Å². The van der Waals surface area contributed by atoms with Gasteiger partial charge in [0.1, 0.15) is 5.75 Å². The van der Waals surface area contributed by atoms with Gasteiger partial charge in [-0.3, -0.25) is 0 Å². The molecule has 228 valence electrons. The summed E-state index contributed by atoms with van der Waals surface area (Å²) in [4.78, 5) is 27.9. The maximum absolute atomic E-state index is 13.8. The molecular weight excluding hydrogens is 512 g/mol. The van der Waals surface area contributed by atoms with Crippen molar-refractivity contribution in [2.45, 2.75) is 124 Å². The summed E-state index contributed by atoms with van der Waals surface area (Å²) in [5, 5.41) is 3.28. The Bertz CT molecular complexity index is 1120. The van der Waals surface area contributed by atoms with Crippen LogP contribution in [0.3, 0.4) is 0 Å². The molecule has 0 unspecified atom stereocenters. The summed E-state index contributed by atoms with van der Waals surface area (Å²) in [7, 11) is 0. The number of carbonyl (C=O) groups is 2. The van der Waals surface area contributed by atoms with Gasteiger partial charge in [-0.1, -0.05) is 98.4 Å². The van der Waals surface area contributed by atoms with Gasteiger partial charge in [0.15, 0.2) is 5.60 Å². The molecule has 0 aliphatic rings. The molecule has 6 nitrogen and oxygen atoms in total. The summed E-state index contributed by atoms with van der Waals surface area (Å²) in [5.41, 5.74) is 2.94. The molecule has 0 aliphatic heterocycles. The van der Waals surface area contributed by atoms with Crippen LogP contribution in [0.4, 0.5) is 10.5 Å². The third-order valence-corrected chi connectivity index (χ3v) is 7.19. The molecule has 0 heterocycles. The molecule has 0 saturated carbocycles. The van der Waals surface area contributed by atoms with E-state index in [1.54, 1.807) is 20.8 Å². The highest BCUT2D eigenvalue weighted by atomic mass is 16.6. The third-order valence-electron chi connectivity index (χ3n) is 7.19. The normalized spacial score (nSPS) is 12.1. The molecule has 0 atom stereocenters. The fraction of sp³-hybridized carbons (Fsp3) is 0.600. The molecule has 2 rings (SSSR count). The van der Waals surface area contributed by atoms with Gasteiger partial charge < -0.3 is 19.7 Å². The summed E-state index contributed by atoms with van der Waals surface area (Å²) in [6.45, 7) is 21.9. The van der Waals surface area contributed by atoms with Crippen molar-refractivity contribution in [3.05, 3.63) is 59.2 Å². The Kier molecular flexibility index (Phi) is 12.3. The average Bonchev–Trinajstić information content (AvgIpc) is 2.87. The molecule has 0 aliphatic carbocycles. The smallest absolute Gasteiger partial charge is 0.349 e. The molecule has 6 heteroatoms. The quantitative estimate of drug-likeness (QED) is 0.194. The monoisotopic (exact) mass is 566 g/mol. The predicted molar refractivity (Wildman–Crippen MR) is 170 cm³/mol. The Labute approximate surface area is 249 Å². The molecule has 1 N–H and O–H groups in total. The van der Waals surface area contributed by atoms with Gasteiger partial charge in [-0.2, -0.15) is 0 Å². The zero-order valence-electron chi connectivity index (χ0n) is 27.3. The molecule has 2 aromatic carbocycles. The van der Waals surface area contributed by atoms with Gasteiger partial charge in [-0.15, -0.1) is 0 Å². The molecular formula is C35H54N2O4. The Balaban J connectivity index is 2.27. The Hall–Kier alpha value is -3.02. The van der Waals surface area contributed by atoms with Crippen molar-refractivity contribution in [2.75, 3.05) is 18.5 Å². The van der Waals surface area contributed by atoms with Crippen LogP contribution in [0, 0.1) is 0 Å². The number of hydrogen-bond acceptors (Lipinski definition) is 4. The maximum atomic E-state index is 13.8. The van der Waals surface area contributed by atoms with Crippen LogP contribution in [0.5, 0.6) is 5.75 Å². The van der Waals surface area contributed by atoms with Crippen molar-refractivity contribution in [3.63, 3.8) is 0 Å². The van der Waals surface area contributed by atoms with E-state index in [2.05, 4.69) is 72.0 Å². The highest BCUT2D eigenvalue weighted by Crippen LogP contribution is 2.34. The van der Waals surface area contributed by atoms with E-state index in [1.165, 1.54) is 24.8 Å². The first-order valence-electron chi connectivity index (χ1n) is 15.2. The minimum Gasteiger partial charge on any atom is -0.476 e. The second-order valence-corrected chi connectivity index (χ2v) is 13.5. The fourth-order valence-corrected chi connectivity index (χ4v) is 4.65. The zero-order valence-corrected chi connectivity index (χ0v) is 27.3. The molecule has 0 saturated heterocycles. The molecule has 0 radical (unpaired) electrons. The molecule has 0 spiro atoms. The van der Waals surface area contributed by atoms with Gasteiger partial charge in [0.05, 0.1) is 6.61 Å². The largest absolute Gasteiger partial charge is 0.476 e. The van der Waals surface area contributed by atoms with E-state index in [0.29, 0.717) is 25.4 Å². The highest BCUT2D eigenvalue weighted by molar-refractivity contribution is 5.90. The van der Waals surface area contributed by atoms with Crippen molar-refractivity contribution in [1.82, 2.24) is 4.90 Å². The number of benzene rings is 2. The number of nitrogens with one attached hydrogen (secondary N) is 1. The summed E-state index contributed by atoms with van der Waals surface area (Å²) >= 11 is 0. The summed E-state index contributed by atoms with van der Waals surface area (Å²) < 4.78 is 11.1. The van der Waals surface area contributed by atoms with E-state index in [0.717, 1.165) is 29.7 Å². The number of anilines is 1. The molecule has 41 heavy (non-hydrogen) atoms. The fourth-order valence-electron chi connectivity index (χ4n) is 4.65. The number of rotatable bonds is 13. The van der Waals surface area contributed by atoms with E-state index >= 15 is 0 Å². The van der Waals surface area contributed by atoms with Crippen molar-refractivity contribution >= 4 is 17.7 Å². The number of unbranched alkanes of at least 4 members (excludes halogenated alkanes) is 4. The van der Waals surface area contributed by atoms with Crippen molar-refractivity contribution in [3.8, 4) is 5.75 Å². The number of carbonyl (C=O) groups excluding carboxylic acids is 2. The number of amides is 2. The van der Waals surface area contributed by atoms with E-state index in [9.17, 15) is 9.59 Å². The van der Waals surface area contributed by atoms with Crippen LogP contribution in [0.15, 0.2) is 42.5 Å². The lowest BCUT2D eigenvalue weighted by molar-refractivity contribution is -0.158. The zero-order chi connectivity index (χ0) is 30.8.